The van der Waals surface area contributed by atoms with Crippen molar-refractivity contribution in [1.82, 2.24) is 9.88 Å². The van der Waals surface area contributed by atoms with Gasteiger partial charge in [0.25, 0.3) is 0 Å². The minimum atomic E-state index is -0.890. The molecule has 2 aromatic rings. The zero-order chi connectivity index (χ0) is 19.1. The van der Waals surface area contributed by atoms with Gasteiger partial charge in [0.2, 0.25) is 0 Å². The van der Waals surface area contributed by atoms with Crippen molar-refractivity contribution in [2.45, 2.75) is 37.5 Å². The van der Waals surface area contributed by atoms with E-state index in [0.717, 1.165) is 24.1 Å². The van der Waals surface area contributed by atoms with Crippen molar-refractivity contribution < 1.29 is 14.6 Å². The van der Waals surface area contributed by atoms with Gasteiger partial charge in [-0.05, 0) is 70.7 Å². The molecule has 7 heteroatoms. The van der Waals surface area contributed by atoms with E-state index in [1.807, 2.05) is 23.2 Å². The predicted molar refractivity (Wildman–Crippen MR) is 106 cm³/mol. The topological polar surface area (TPSA) is 82.6 Å². The zero-order valence-corrected chi connectivity index (χ0v) is 16.2. The molecule has 0 spiro atoms. The van der Waals surface area contributed by atoms with E-state index < -0.39 is 12.2 Å². The summed E-state index contributed by atoms with van der Waals surface area (Å²) in [4.78, 5) is 6.28. The van der Waals surface area contributed by atoms with Crippen LogP contribution in [-0.2, 0) is 6.42 Å². The van der Waals surface area contributed by atoms with Crippen LogP contribution in [0.4, 0.5) is 10.2 Å². The standard InChI is InChI=1S/C20H21BrFN3O2/c21-14-10-13-15(22)7-11(8-16(13)24-20(14)23)3-4-12-9-17(19(27)18(12)26)25-5-1-2-6-25/h1,5,7-10,17-19,26-27H,2-4,6H2,(H2,23,24)/t17-,18-,19+/m1/s1. The first kappa shape index (κ1) is 18.4. The van der Waals surface area contributed by atoms with Crippen LogP contribution in [0.2, 0.25) is 0 Å². The molecule has 4 rings (SSSR count). The van der Waals surface area contributed by atoms with Crippen LogP contribution in [0.5, 0.6) is 0 Å². The molecule has 4 N–H and O–H groups in total. The Bertz CT molecular complexity index is 946. The summed E-state index contributed by atoms with van der Waals surface area (Å²) in [7, 11) is 0. The molecule has 0 saturated carbocycles. The molecule has 2 aliphatic rings. The summed E-state index contributed by atoms with van der Waals surface area (Å²) in [6, 6.07) is 4.73. The van der Waals surface area contributed by atoms with E-state index in [-0.39, 0.29) is 11.9 Å². The number of anilines is 1. The maximum Gasteiger partial charge on any atom is 0.138 e. The third kappa shape index (κ3) is 3.47. The van der Waals surface area contributed by atoms with Crippen LogP contribution in [0.3, 0.4) is 0 Å². The number of hydrogen-bond donors (Lipinski definition) is 3. The highest BCUT2D eigenvalue weighted by molar-refractivity contribution is 9.10. The predicted octanol–water partition coefficient (Wildman–Crippen LogP) is 2.90. The second-order valence-electron chi connectivity index (χ2n) is 7.08. The highest BCUT2D eigenvalue weighted by Gasteiger charge is 2.37. The molecule has 27 heavy (non-hydrogen) atoms. The van der Waals surface area contributed by atoms with Crippen molar-refractivity contribution in [3.8, 4) is 0 Å². The molecular formula is C20H21BrFN3O2. The van der Waals surface area contributed by atoms with E-state index in [4.69, 9.17) is 5.73 Å². The van der Waals surface area contributed by atoms with E-state index in [1.165, 1.54) is 6.07 Å². The highest BCUT2D eigenvalue weighted by Crippen LogP contribution is 2.30. The lowest BCUT2D eigenvalue weighted by Crippen LogP contribution is -2.40. The highest BCUT2D eigenvalue weighted by atomic mass is 79.9. The molecule has 0 radical (unpaired) electrons. The molecule has 5 nitrogen and oxygen atoms in total. The summed E-state index contributed by atoms with van der Waals surface area (Å²) in [5, 5.41) is 21.2. The lowest BCUT2D eigenvalue weighted by Gasteiger charge is -2.26. The van der Waals surface area contributed by atoms with Gasteiger partial charge < -0.3 is 20.8 Å². The van der Waals surface area contributed by atoms with Crippen LogP contribution in [0.25, 0.3) is 10.9 Å². The van der Waals surface area contributed by atoms with E-state index in [1.54, 1.807) is 6.07 Å². The van der Waals surface area contributed by atoms with Gasteiger partial charge in [-0.25, -0.2) is 9.37 Å². The van der Waals surface area contributed by atoms with Gasteiger partial charge in [-0.15, -0.1) is 0 Å². The van der Waals surface area contributed by atoms with Crippen molar-refractivity contribution in [2.24, 2.45) is 0 Å². The molecular weight excluding hydrogens is 413 g/mol. The monoisotopic (exact) mass is 433 g/mol. The SMILES string of the molecule is Nc1nc2cc(CCC3=C[C@@H](N4C=CCC4)[C@H](O)[C@@H]3O)cc(F)c2cc1Br. The fourth-order valence-corrected chi connectivity index (χ4v) is 4.13. The van der Waals surface area contributed by atoms with Gasteiger partial charge in [0.15, 0.2) is 0 Å². The number of fused-ring (bicyclic) bond motifs is 1. The Labute approximate surface area is 165 Å². The van der Waals surface area contributed by atoms with Gasteiger partial charge in [0.1, 0.15) is 23.8 Å². The number of aliphatic hydroxyl groups is 2. The first-order valence-electron chi connectivity index (χ1n) is 8.97. The van der Waals surface area contributed by atoms with Crippen LogP contribution in [0, 0.1) is 5.82 Å². The van der Waals surface area contributed by atoms with Crippen molar-refractivity contribution in [3.63, 3.8) is 0 Å². The molecule has 0 saturated heterocycles. The number of nitrogens with zero attached hydrogens (tertiary/aromatic N) is 2. The largest absolute Gasteiger partial charge is 0.388 e. The number of aliphatic hydroxyl groups excluding tert-OH is 2. The molecule has 0 amide bonds. The third-order valence-corrected chi connectivity index (χ3v) is 5.93. The Balaban J connectivity index is 1.53. The molecule has 1 aliphatic heterocycles. The Morgan fingerprint density at radius 1 is 1.26 bits per heavy atom. The Morgan fingerprint density at radius 2 is 2.07 bits per heavy atom. The van der Waals surface area contributed by atoms with Crippen molar-refractivity contribution in [3.05, 3.63) is 58.0 Å². The smallest absolute Gasteiger partial charge is 0.138 e. The lowest BCUT2D eigenvalue weighted by molar-refractivity contribution is 0.0181. The molecule has 2 heterocycles. The van der Waals surface area contributed by atoms with Crippen molar-refractivity contribution >= 4 is 32.7 Å². The van der Waals surface area contributed by atoms with Crippen molar-refractivity contribution in [2.75, 3.05) is 12.3 Å². The number of rotatable bonds is 4. The number of aromatic nitrogens is 1. The number of halogens is 2. The fraction of sp³-hybridized carbons (Fsp3) is 0.350. The van der Waals surface area contributed by atoms with Crippen molar-refractivity contribution in [1.29, 1.82) is 0 Å². The number of nitrogen functional groups attached to an aromatic ring is 1. The minimum Gasteiger partial charge on any atom is -0.388 e. The molecule has 0 bridgehead atoms. The van der Waals surface area contributed by atoms with E-state index in [2.05, 4.69) is 27.0 Å². The van der Waals surface area contributed by atoms with Crippen LogP contribution < -0.4 is 5.73 Å². The van der Waals surface area contributed by atoms with E-state index in [0.29, 0.717) is 34.0 Å². The Morgan fingerprint density at radius 3 is 2.81 bits per heavy atom. The zero-order valence-electron chi connectivity index (χ0n) is 14.6. The van der Waals surface area contributed by atoms with E-state index in [9.17, 15) is 14.6 Å². The van der Waals surface area contributed by atoms with Gasteiger partial charge in [0, 0.05) is 11.9 Å². The van der Waals surface area contributed by atoms with Crippen LogP contribution >= 0.6 is 15.9 Å². The third-order valence-electron chi connectivity index (χ3n) is 5.30. The molecule has 3 atom stereocenters. The summed E-state index contributed by atoms with van der Waals surface area (Å²) in [6.45, 7) is 0.844. The summed E-state index contributed by atoms with van der Waals surface area (Å²) in [5.41, 5.74) is 7.88. The molecule has 1 aliphatic carbocycles. The van der Waals surface area contributed by atoms with Crippen LogP contribution in [0.1, 0.15) is 18.4 Å². The van der Waals surface area contributed by atoms with Gasteiger partial charge >= 0.3 is 0 Å². The minimum absolute atomic E-state index is 0.207. The molecule has 1 aromatic heterocycles. The first-order chi connectivity index (χ1) is 12.9. The molecule has 142 valence electrons. The quantitative estimate of drug-likeness (QED) is 0.645. The average molecular weight is 434 g/mol. The van der Waals surface area contributed by atoms with Gasteiger partial charge in [-0.2, -0.15) is 0 Å². The summed E-state index contributed by atoms with van der Waals surface area (Å²) < 4.78 is 15.0. The fourth-order valence-electron chi connectivity index (χ4n) is 3.81. The number of pyridine rings is 1. The first-order valence-corrected chi connectivity index (χ1v) is 9.76. The molecule has 1 aromatic carbocycles. The van der Waals surface area contributed by atoms with Gasteiger partial charge in [-0.1, -0.05) is 12.2 Å². The summed E-state index contributed by atoms with van der Waals surface area (Å²) >= 11 is 3.27. The maximum atomic E-state index is 14.4. The van der Waals surface area contributed by atoms with Gasteiger partial charge in [-0.3, -0.25) is 0 Å². The molecule has 0 fully saturated rings. The number of hydrogen-bond acceptors (Lipinski definition) is 5. The van der Waals surface area contributed by atoms with Crippen LogP contribution in [-0.4, -0.2) is 44.9 Å². The summed E-state index contributed by atoms with van der Waals surface area (Å²) in [5.74, 6) is -0.0330. The van der Waals surface area contributed by atoms with Gasteiger partial charge in [0.05, 0.1) is 16.0 Å². The Kier molecular flexibility index (Phi) is 4.92. The number of nitrogens with two attached hydrogens (primary N) is 1. The normalized spacial score (nSPS) is 24.8. The van der Waals surface area contributed by atoms with E-state index >= 15 is 0 Å². The maximum absolute atomic E-state index is 14.4. The lowest BCUT2D eigenvalue weighted by atomic mass is 10.0. The second-order valence-corrected chi connectivity index (χ2v) is 7.93. The Hall–Kier alpha value is -1.96. The number of aryl methyl sites for hydroxylation is 1. The molecule has 0 unspecified atom stereocenters. The second kappa shape index (κ2) is 7.22. The average Bonchev–Trinajstić information content (AvgIpc) is 3.25. The van der Waals surface area contributed by atoms with Crippen LogP contribution in [0.15, 0.2) is 46.6 Å². The summed E-state index contributed by atoms with van der Waals surface area (Å²) in [6.07, 6.45) is 6.27. The number of benzene rings is 1.